The van der Waals surface area contributed by atoms with Crippen LogP contribution in [0.2, 0.25) is 0 Å². The summed E-state index contributed by atoms with van der Waals surface area (Å²) in [6.45, 7) is 8.97. The van der Waals surface area contributed by atoms with Gasteiger partial charge in [-0.15, -0.1) is 0 Å². The SMILES string of the molecule is CCCCC(=O)N(CCCC)C(C)c1nc2ccccc2c(=O)n1-c1ccccc1CC. The van der Waals surface area contributed by atoms with Crippen LogP contribution >= 0.6 is 0 Å². The van der Waals surface area contributed by atoms with Gasteiger partial charge in [-0.05, 0) is 49.9 Å². The van der Waals surface area contributed by atoms with Crippen LogP contribution in [0.3, 0.4) is 0 Å². The van der Waals surface area contributed by atoms with Crippen molar-refractivity contribution in [2.24, 2.45) is 0 Å². The zero-order valence-electron chi connectivity index (χ0n) is 19.8. The molecular weight excluding hydrogens is 398 g/mol. The van der Waals surface area contributed by atoms with Gasteiger partial charge in [0, 0.05) is 13.0 Å². The highest BCUT2D eigenvalue weighted by Gasteiger charge is 2.26. The first-order valence-corrected chi connectivity index (χ1v) is 11.9. The fourth-order valence-corrected chi connectivity index (χ4v) is 4.16. The molecule has 1 aromatic heterocycles. The van der Waals surface area contributed by atoms with Crippen LogP contribution in [0.4, 0.5) is 0 Å². The van der Waals surface area contributed by atoms with E-state index >= 15 is 0 Å². The number of aromatic nitrogens is 2. The number of rotatable bonds is 10. The maximum absolute atomic E-state index is 13.7. The third-order valence-electron chi connectivity index (χ3n) is 6.07. The van der Waals surface area contributed by atoms with Crippen molar-refractivity contribution >= 4 is 16.8 Å². The summed E-state index contributed by atoms with van der Waals surface area (Å²) >= 11 is 0. The van der Waals surface area contributed by atoms with E-state index < -0.39 is 0 Å². The van der Waals surface area contributed by atoms with Gasteiger partial charge >= 0.3 is 0 Å². The monoisotopic (exact) mass is 433 g/mol. The summed E-state index contributed by atoms with van der Waals surface area (Å²) in [6, 6.07) is 15.1. The maximum atomic E-state index is 13.7. The summed E-state index contributed by atoms with van der Waals surface area (Å²) in [6.07, 6.45) is 5.09. The summed E-state index contributed by atoms with van der Waals surface area (Å²) in [5.41, 5.74) is 2.50. The van der Waals surface area contributed by atoms with Crippen molar-refractivity contribution in [3.05, 3.63) is 70.3 Å². The average Bonchev–Trinajstić information content (AvgIpc) is 2.82. The Labute approximate surface area is 191 Å². The molecule has 0 N–H and O–H groups in total. The van der Waals surface area contributed by atoms with Crippen LogP contribution < -0.4 is 5.56 Å². The highest BCUT2D eigenvalue weighted by molar-refractivity contribution is 5.79. The lowest BCUT2D eigenvalue weighted by atomic mass is 10.1. The molecule has 3 aromatic rings. The normalized spacial score (nSPS) is 12.1. The maximum Gasteiger partial charge on any atom is 0.266 e. The third-order valence-corrected chi connectivity index (χ3v) is 6.07. The second kappa shape index (κ2) is 11.1. The van der Waals surface area contributed by atoms with Gasteiger partial charge in [0.25, 0.3) is 5.56 Å². The van der Waals surface area contributed by atoms with E-state index in [4.69, 9.17) is 4.98 Å². The fourth-order valence-electron chi connectivity index (χ4n) is 4.16. The number of benzene rings is 2. The molecule has 32 heavy (non-hydrogen) atoms. The van der Waals surface area contributed by atoms with Gasteiger partial charge in [-0.2, -0.15) is 0 Å². The lowest BCUT2D eigenvalue weighted by molar-refractivity contribution is -0.133. The molecule has 1 unspecified atom stereocenters. The predicted molar refractivity (Wildman–Crippen MR) is 131 cm³/mol. The van der Waals surface area contributed by atoms with Crippen LogP contribution in [0.1, 0.15) is 77.2 Å². The van der Waals surface area contributed by atoms with E-state index in [1.54, 1.807) is 4.57 Å². The van der Waals surface area contributed by atoms with E-state index in [2.05, 4.69) is 20.8 Å². The van der Waals surface area contributed by atoms with Gasteiger partial charge in [-0.3, -0.25) is 14.2 Å². The summed E-state index contributed by atoms with van der Waals surface area (Å²) in [5.74, 6) is 0.751. The number of unbranched alkanes of at least 4 members (excludes halogenated alkanes) is 2. The minimum atomic E-state index is -0.312. The Morgan fingerprint density at radius 1 is 1.00 bits per heavy atom. The number of carbonyl (C=O) groups excluding carboxylic acids is 1. The molecular formula is C27H35N3O2. The predicted octanol–water partition coefficient (Wildman–Crippen LogP) is 5.83. The highest BCUT2D eigenvalue weighted by atomic mass is 16.2. The molecule has 0 radical (unpaired) electrons. The van der Waals surface area contributed by atoms with Gasteiger partial charge in [0.1, 0.15) is 5.82 Å². The van der Waals surface area contributed by atoms with Crippen molar-refractivity contribution in [3.63, 3.8) is 0 Å². The first-order chi connectivity index (χ1) is 15.5. The molecule has 1 atom stereocenters. The van der Waals surface area contributed by atoms with Gasteiger partial charge in [-0.25, -0.2) is 4.98 Å². The summed E-state index contributed by atoms with van der Waals surface area (Å²) in [4.78, 5) is 33.7. The Hall–Kier alpha value is -2.95. The molecule has 0 aliphatic heterocycles. The molecule has 170 valence electrons. The molecule has 5 nitrogen and oxygen atoms in total. The Morgan fingerprint density at radius 2 is 1.69 bits per heavy atom. The molecule has 0 aliphatic carbocycles. The molecule has 2 aromatic carbocycles. The van der Waals surface area contributed by atoms with Crippen molar-refractivity contribution in [1.29, 1.82) is 0 Å². The first kappa shape index (κ1) is 23.7. The van der Waals surface area contributed by atoms with Gasteiger partial charge in [0.05, 0.1) is 22.6 Å². The first-order valence-electron chi connectivity index (χ1n) is 11.9. The number of aryl methyl sites for hydroxylation is 1. The molecule has 5 heteroatoms. The smallest absolute Gasteiger partial charge is 0.266 e. The molecule has 0 saturated heterocycles. The topological polar surface area (TPSA) is 55.2 Å². The Bertz CT molecular complexity index is 1120. The number of nitrogens with zero attached hydrogens (tertiary/aromatic N) is 3. The number of amides is 1. The summed E-state index contributed by atoms with van der Waals surface area (Å²) < 4.78 is 1.73. The largest absolute Gasteiger partial charge is 0.333 e. The molecule has 0 fully saturated rings. The van der Waals surface area contributed by atoms with E-state index in [1.807, 2.05) is 60.4 Å². The minimum Gasteiger partial charge on any atom is -0.333 e. The fraction of sp³-hybridized carbons (Fsp3) is 0.444. The van der Waals surface area contributed by atoms with E-state index in [9.17, 15) is 9.59 Å². The highest BCUT2D eigenvalue weighted by Crippen LogP contribution is 2.26. The van der Waals surface area contributed by atoms with Crippen LogP contribution in [-0.2, 0) is 11.2 Å². The zero-order chi connectivity index (χ0) is 23.1. The van der Waals surface area contributed by atoms with Crippen LogP contribution in [0.25, 0.3) is 16.6 Å². The van der Waals surface area contributed by atoms with Gasteiger partial charge < -0.3 is 4.90 Å². The number of hydrogen-bond donors (Lipinski definition) is 0. The van der Waals surface area contributed by atoms with Crippen LogP contribution in [0.15, 0.2) is 53.3 Å². The molecule has 0 aliphatic rings. The molecule has 1 amide bonds. The lowest BCUT2D eigenvalue weighted by Crippen LogP contribution is -2.38. The second-order valence-electron chi connectivity index (χ2n) is 8.33. The number of fused-ring (bicyclic) bond motifs is 1. The molecule has 3 rings (SSSR count). The van der Waals surface area contributed by atoms with Crippen molar-refractivity contribution in [3.8, 4) is 5.69 Å². The van der Waals surface area contributed by atoms with Crippen molar-refractivity contribution < 1.29 is 4.79 Å². The van der Waals surface area contributed by atoms with E-state index in [0.717, 1.165) is 43.4 Å². The van der Waals surface area contributed by atoms with E-state index in [0.29, 0.717) is 29.7 Å². The standard InChI is InChI=1S/C27H35N3O2/c1-5-8-18-25(31)29(19-9-6-2)20(4)26-28-23-16-12-11-15-22(23)27(32)30(26)24-17-13-10-14-21(24)7-3/h10-17,20H,5-9,18-19H2,1-4H3. The Balaban J connectivity index is 2.23. The minimum absolute atomic E-state index is 0.0881. The van der Waals surface area contributed by atoms with Crippen molar-refractivity contribution in [2.75, 3.05) is 6.54 Å². The van der Waals surface area contributed by atoms with Crippen molar-refractivity contribution in [1.82, 2.24) is 14.5 Å². The second-order valence-corrected chi connectivity index (χ2v) is 8.33. The summed E-state index contributed by atoms with van der Waals surface area (Å²) in [5, 5.41) is 0.590. The Kier molecular flexibility index (Phi) is 8.20. The Morgan fingerprint density at radius 3 is 2.41 bits per heavy atom. The quantitative estimate of drug-likeness (QED) is 0.404. The van der Waals surface area contributed by atoms with Gasteiger partial charge in [-0.1, -0.05) is 63.9 Å². The number of carbonyl (C=O) groups is 1. The lowest BCUT2D eigenvalue weighted by Gasteiger charge is -2.31. The summed E-state index contributed by atoms with van der Waals surface area (Å²) in [7, 11) is 0. The van der Waals surface area contributed by atoms with Gasteiger partial charge in [0.15, 0.2) is 0 Å². The molecule has 0 bridgehead atoms. The van der Waals surface area contributed by atoms with Gasteiger partial charge in [0.2, 0.25) is 5.91 Å². The third kappa shape index (κ3) is 4.93. The zero-order valence-corrected chi connectivity index (χ0v) is 19.8. The average molecular weight is 434 g/mol. The van der Waals surface area contributed by atoms with Crippen molar-refractivity contribution in [2.45, 2.75) is 72.3 Å². The van der Waals surface area contributed by atoms with E-state index in [-0.39, 0.29) is 17.5 Å². The molecule has 1 heterocycles. The van der Waals surface area contributed by atoms with E-state index in [1.165, 1.54) is 0 Å². The number of para-hydroxylation sites is 2. The van der Waals surface area contributed by atoms with Crippen LogP contribution in [-0.4, -0.2) is 26.9 Å². The van der Waals surface area contributed by atoms with Crippen LogP contribution in [0, 0.1) is 0 Å². The molecule has 0 spiro atoms. The molecule has 0 saturated carbocycles. The van der Waals surface area contributed by atoms with Crippen LogP contribution in [0.5, 0.6) is 0 Å². The number of hydrogen-bond acceptors (Lipinski definition) is 3.